The summed E-state index contributed by atoms with van der Waals surface area (Å²) in [6.45, 7) is -0.0340. The summed E-state index contributed by atoms with van der Waals surface area (Å²) in [4.78, 5) is -0.900. The molecule has 21 heavy (non-hydrogen) atoms. The number of furan rings is 1. The van der Waals surface area contributed by atoms with Gasteiger partial charge in [-0.1, -0.05) is 6.07 Å². The molecule has 3 rings (SSSR count). The van der Waals surface area contributed by atoms with Crippen LogP contribution in [0.3, 0.4) is 0 Å². The van der Waals surface area contributed by atoms with Crippen molar-refractivity contribution in [1.82, 2.24) is 4.31 Å². The van der Waals surface area contributed by atoms with Crippen molar-refractivity contribution >= 4 is 10.0 Å². The van der Waals surface area contributed by atoms with Gasteiger partial charge in [-0.3, -0.25) is 0 Å². The van der Waals surface area contributed by atoms with Crippen LogP contribution in [0.2, 0.25) is 0 Å². The fraction of sp³-hybridized carbons (Fsp3) is 0.286. The van der Waals surface area contributed by atoms with Gasteiger partial charge in [-0.05, 0) is 37.1 Å². The zero-order chi connectivity index (χ0) is 15.0. The number of hydrogen-bond acceptors (Lipinski definition) is 3. The Labute approximate surface area is 121 Å². The molecule has 1 aliphatic rings. The summed E-state index contributed by atoms with van der Waals surface area (Å²) in [6.07, 6.45) is 2.78. The summed E-state index contributed by atoms with van der Waals surface area (Å²) < 4.78 is 59.0. The smallest absolute Gasteiger partial charge is 0.249 e. The third-order valence-electron chi connectivity index (χ3n) is 3.33. The van der Waals surface area contributed by atoms with E-state index in [0.29, 0.717) is 18.6 Å². The molecule has 0 atom stereocenters. The first-order valence-electron chi connectivity index (χ1n) is 6.48. The van der Waals surface area contributed by atoms with Gasteiger partial charge in [0.1, 0.15) is 17.4 Å². The van der Waals surface area contributed by atoms with E-state index in [0.717, 1.165) is 22.5 Å². The third-order valence-corrected chi connectivity index (χ3v) is 5.28. The first-order chi connectivity index (χ1) is 10.00. The van der Waals surface area contributed by atoms with Crippen molar-refractivity contribution in [3.8, 4) is 0 Å². The first kappa shape index (κ1) is 14.2. The van der Waals surface area contributed by atoms with E-state index >= 15 is 0 Å². The van der Waals surface area contributed by atoms with Crippen LogP contribution in [-0.4, -0.2) is 18.8 Å². The molecule has 1 aromatic heterocycles. The lowest BCUT2D eigenvalue weighted by molar-refractivity contribution is 0.352. The Kier molecular flexibility index (Phi) is 3.54. The van der Waals surface area contributed by atoms with E-state index in [2.05, 4.69) is 0 Å². The molecular weight excluding hydrogens is 300 g/mol. The molecule has 7 heteroatoms. The largest absolute Gasteiger partial charge is 0.468 e. The summed E-state index contributed by atoms with van der Waals surface area (Å²) >= 11 is 0. The van der Waals surface area contributed by atoms with Crippen LogP contribution in [0.4, 0.5) is 8.78 Å². The Bertz CT molecular complexity index is 719. The Morgan fingerprint density at radius 3 is 2.33 bits per heavy atom. The van der Waals surface area contributed by atoms with E-state index in [1.165, 1.54) is 6.26 Å². The second-order valence-corrected chi connectivity index (χ2v) is 6.74. The Morgan fingerprint density at radius 1 is 1.14 bits per heavy atom. The number of sulfonamides is 1. The van der Waals surface area contributed by atoms with E-state index < -0.39 is 26.6 Å². The zero-order valence-corrected chi connectivity index (χ0v) is 11.8. The van der Waals surface area contributed by atoms with E-state index in [-0.39, 0.29) is 12.6 Å². The van der Waals surface area contributed by atoms with E-state index in [9.17, 15) is 17.2 Å². The van der Waals surface area contributed by atoms with Crippen molar-refractivity contribution in [2.45, 2.75) is 30.3 Å². The highest BCUT2D eigenvalue weighted by atomic mass is 32.2. The molecule has 112 valence electrons. The zero-order valence-electron chi connectivity index (χ0n) is 11.0. The number of nitrogens with zero attached hydrogens (tertiary/aromatic N) is 1. The molecule has 0 radical (unpaired) electrons. The summed E-state index contributed by atoms with van der Waals surface area (Å²) in [6, 6.07) is 6.04. The highest BCUT2D eigenvalue weighted by Gasteiger charge is 2.41. The van der Waals surface area contributed by atoms with Gasteiger partial charge < -0.3 is 4.42 Å². The average molecular weight is 313 g/mol. The summed E-state index contributed by atoms with van der Waals surface area (Å²) in [5.74, 6) is -1.73. The maximum absolute atomic E-state index is 13.8. The highest BCUT2D eigenvalue weighted by molar-refractivity contribution is 7.89. The van der Waals surface area contributed by atoms with Gasteiger partial charge in [-0.15, -0.1) is 0 Å². The predicted molar refractivity (Wildman–Crippen MR) is 70.8 cm³/mol. The van der Waals surface area contributed by atoms with E-state index in [1.54, 1.807) is 12.1 Å². The molecule has 1 aliphatic carbocycles. The van der Waals surface area contributed by atoms with Gasteiger partial charge in [0.25, 0.3) is 0 Å². The Hall–Kier alpha value is -1.73. The van der Waals surface area contributed by atoms with Gasteiger partial charge in [0.15, 0.2) is 4.90 Å². The van der Waals surface area contributed by atoms with Gasteiger partial charge >= 0.3 is 0 Å². The standard InChI is InChI=1S/C14H13F2NO3S/c15-12-4-1-5-13(16)14(12)21(18,19)17(10-6-7-10)9-11-3-2-8-20-11/h1-5,8,10H,6-7,9H2. The molecule has 0 saturated heterocycles. The maximum atomic E-state index is 13.8. The van der Waals surface area contributed by atoms with Crippen LogP contribution in [0.1, 0.15) is 18.6 Å². The van der Waals surface area contributed by atoms with Crippen molar-refractivity contribution in [1.29, 1.82) is 0 Å². The average Bonchev–Trinajstić information content (AvgIpc) is 3.11. The minimum atomic E-state index is -4.25. The molecular formula is C14H13F2NO3S. The summed E-state index contributed by atoms with van der Waals surface area (Å²) in [5, 5.41) is 0. The quantitative estimate of drug-likeness (QED) is 0.853. The highest BCUT2D eigenvalue weighted by Crippen LogP contribution is 2.35. The van der Waals surface area contributed by atoms with Gasteiger partial charge in [0, 0.05) is 6.04 Å². The van der Waals surface area contributed by atoms with Crippen molar-refractivity contribution in [2.24, 2.45) is 0 Å². The molecule has 0 spiro atoms. The minimum Gasteiger partial charge on any atom is -0.468 e. The van der Waals surface area contributed by atoms with Crippen LogP contribution < -0.4 is 0 Å². The number of rotatable bonds is 5. The topological polar surface area (TPSA) is 50.5 Å². The predicted octanol–water partition coefficient (Wildman–Crippen LogP) is 2.91. The molecule has 1 heterocycles. The lowest BCUT2D eigenvalue weighted by Crippen LogP contribution is -2.33. The maximum Gasteiger partial charge on any atom is 0.249 e. The van der Waals surface area contributed by atoms with Crippen LogP contribution in [0.25, 0.3) is 0 Å². The molecule has 1 aromatic carbocycles. The second-order valence-electron chi connectivity index (χ2n) is 4.91. The molecule has 0 unspecified atom stereocenters. The SMILES string of the molecule is O=S(=O)(c1c(F)cccc1F)N(Cc1ccco1)C1CC1. The fourth-order valence-electron chi connectivity index (χ4n) is 2.18. The van der Waals surface area contributed by atoms with Gasteiger partial charge in [0.05, 0.1) is 12.8 Å². The second kappa shape index (κ2) is 5.23. The molecule has 0 aliphatic heterocycles. The monoisotopic (exact) mass is 313 g/mol. The lowest BCUT2D eigenvalue weighted by atomic mass is 10.3. The van der Waals surface area contributed by atoms with Crippen molar-refractivity contribution < 1.29 is 21.6 Å². The van der Waals surface area contributed by atoms with E-state index in [4.69, 9.17) is 4.42 Å². The first-order valence-corrected chi connectivity index (χ1v) is 7.92. The summed E-state index contributed by atoms with van der Waals surface area (Å²) in [7, 11) is -4.25. The normalized spacial score (nSPS) is 15.6. The molecule has 0 amide bonds. The van der Waals surface area contributed by atoms with E-state index in [1.807, 2.05) is 0 Å². The molecule has 1 fully saturated rings. The van der Waals surface area contributed by atoms with Gasteiger partial charge in [-0.2, -0.15) is 4.31 Å². The molecule has 0 N–H and O–H groups in total. The van der Waals surface area contributed by atoms with Crippen LogP contribution in [0.5, 0.6) is 0 Å². The molecule has 0 bridgehead atoms. The van der Waals surface area contributed by atoms with Crippen molar-refractivity contribution in [3.63, 3.8) is 0 Å². The third kappa shape index (κ3) is 2.71. The molecule has 4 nitrogen and oxygen atoms in total. The van der Waals surface area contributed by atoms with Crippen LogP contribution >= 0.6 is 0 Å². The molecule has 2 aromatic rings. The van der Waals surface area contributed by atoms with Crippen LogP contribution in [-0.2, 0) is 16.6 Å². The fourth-order valence-corrected chi connectivity index (χ4v) is 3.94. The van der Waals surface area contributed by atoms with Gasteiger partial charge in [-0.25, -0.2) is 17.2 Å². The van der Waals surface area contributed by atoms with Crippen molar-refractivity contribution in [2.75, 3.05) is 0 Å². The lowest BCUT2D eigenvalue weighted by Gasteiger charge is -2.21. The molecule has 1 saturated carbocycles. The Morgan fingerprint density at radius 2 is 1.81 bits per heavy atom. The van der Waals surface area contributed by atoms with Gasteiger partial charge in [0.2, 0.25) is 10.0 Å². The van der Waals surface area contributed by atoms with Crippen LogP contribution in [0.15, 0.2) is 45.9 Å². The number of hydrogen-bond donors (Lipinski definition) is 0. The van der Waals surface area contributed by atoms with Crippen molar-refractivity contribution in [3.05, 3.63) is 54.0 Å². The number of halogens is 2. The number of benzene rings is 1. The summed E-state index contributed by atoms with van der Waals surface area (Å²) in [5.41, 5.74) is 0. The van der Waals surface area contributed by atoms with Crippen LogP contribution in [0, 0.1) is 11.6 Å². The minimum absolute atomic E-state index is 0.0340. The Balaban J connectivity index is 2.01.